The Labute approximate surface area is 184 Å². The van der Waals surface area contributed by atoms with E-state index in [0.717, 1.165) is 42.5 Å². The second-order valence-electron chi connectivity index (χ2n) is 8.25. The zero-order valence-electron chi connectivity index (χ0n) is 17.1. The topological polar surface area (TPSA) is 105 Å². The minimum absolute atomic E-state index is 0.101. The third-order valence-electron chi connectivity index (χ3n) is 6.42. The highest BCUT2D eigenvalue weighted by atomic mass is 32.2. The molecule has 8 heteroatoms. The second kappa shape index (κ2) is 7.23. The van der Waals surface area contributed by atoms with Gasteiger partial charge in [-0.1, -0.05) is 30.7 Å². The Kier molecular flexibility index (Phi) is 4.62. The molecule has 31 heavy (non-hydrogen) atoms. The first-order valence-corrected chi connectivity index (χ1v) is 11.2. The maximum absolute atomic E-state index is 13.7. The predicted molar refractivity (Wildman–Crippen MR) is 121 cm³/mol. The van der Waals surface area contributed by atoms with Gasteiger partial charge in [-0.3, -0.25) is 14.4 Å². The van der Waals surface area contributed by atoms with E-state index in [4.69, 9.17) is 5.73 Å². The largest absolute Gasteiger partial charge is 0.399 e. The van der Waals surface area contributed by atoms with E-state index in [2.05, 4.69) is 10.5 Å². The monoisotopic (exact) mass is 434 g/mol. The van der Waals surface area contributed by atoms with Crippen molar-refractivity contribution in [2.24, 2.45) is 5.10 Å². The molecule has 2 aromatic carbocycles. The Morgan fingerprint density at radius 3 is 2.55 bits per heavy atom. The highest BCUT2D eigenvalue weighted by Crippen LogP contribution is 2.52. The molecule has 7 nitrogen and oxygen atoms in total. The number of hydrogen-bond donors (Lipinski definition) is 2. The van der Waals surface area contributed by atoms with Crippen LogP contribution >= 0.6 is 11.8 Å². The normalized spacial score (nSPS) is 21.8. The SMILES string of the molecule is CC1SC(=O)NN=C1c1ccc2c(c1)C1(CCCC1)C(=O)N2C(=O)c1ccc(N)cc1. The summed E-state index contributed by atoms with van der Waals surface area (Å²) in [5.41, 5.74) is 11.7. The molecule has 1 unspecified atom stereocenters. The van der Waals surface area contributed by atoms with Crippen LogP contribution in [0.15, 0.2) is 47.6 Å². The third-order valence-corrected chi connectivity index (χ3v) is 7.30. The lowest BCUT2D eigenvalue weighted by atomic mass is 9.79. The molecule has 5 rings (SSSR count). The van der Waals surface area contributed by atoms with Crippen molar-refractivity contribution < 1.29 is 14.4 Å². The highest BCUT2D eigenvalue weighted by molar-refractivity contribution is 8.14. The molecule has 2 heterocycles. The smallest absolute Gasteiger partial charge is 0.299 e. The minimum atomic E-state index is -0.677. The van der Waals surface area contributed by atoms with Crippen molar-refractivity contribution in [3.63, 3.8) is 0 Å². The molecule has 0 aromatic heterocycles. The number of hydrazone groups is 1. The fourth-order valence-electron chi connectivity index (χ4n) is 4.87. The number of amides is 3. The van der Waals surface area contributed by atoms with E-state index in [9.17, 15) is 14.4 Å². The summed E-state index contributed by atoms with van der Waals surface area (Å²) in [7, 11) is 0. The number of hydrogen-bond acceptors (Lipinski definition) is 6. The maximum Gasteiger partial charge on any atom is 0.299 e. The first-order chi connectivity index (χ1) is 14.9. The van der Waals surface area contributed by atoms with Crippen LogP contribution in [0.1, 0.15) is 54.1 Å². The lowest BCUT2D eigenvalue weighted by molar-refractivity contribution is -0.122. The van der Waals surface area contributed by atoms with Crippen molar-refractivity contribution >= 4 is 45.9 Å². The standard InChI is InChI=1S/C23H22N4O3S/c1-13-19(25-26-22(30)31-13)15-6-9-18-17(12-15)23(10-2-3-11-23)21(29)27(18)20(28)14-4-7-16(24)8-5-14/h4-9,12-13H,2-3,10-11,24H2,1H3,(H,26,30). The molecule has 3 amide bonds. The van der Waals surface area contributed by atoms with E-state index in [1.54, 1.807) is 24.3 Å². The van der Waals surface area contributed by atoms with Gasteiger partial charge in [0.1, 0.15) is 0 Å². The van der Waals surface area contributed by atoms with E-state index in [0.29, 0.717) is 16.9 Å². The van der Waals surface area contributed by atoms with E-state index in [1.807, 2.05) is 25.1 Å². The average molecular weight is 435 g/mol. The third kappa shape index (κ3) is 3.05. The molecule has 0 saturated heterocycles. The maximum atomic E-state index is 13.7. The van der Waals surface area contributed by atoms with Gasteiger partial charge >= 0.3 is 0 Å². The van der Waals surface area contributed by atoms with Gasteiger partial charge in [0.2, 0.25) is 5.91 Å². The van der Waals surface area contributed by atoms with Gasteiger partial charge in [-0.05, 0) is 67.3 Å². The van der Waals surface area contributed by atoms with Crippen LogP contribution in [0.2, 0.25) is 0 Å². The number of fused-ring (bicyclic) bond motifs is 2. The summed E-state index contributed by atoms with van der Waals surface area (Å²) in [5, 5.41) is 3.97. The Bertz CT molecular complexity index is 1140. The molecule has 1 spiro atoms. The van der Waals surface area contributed by atoms with Crippen molar-refractivity contribution in [3.05, 3.63) is 59.2 Å². The molecule has 1 atom stereocenters. The first-order valence-electron chi connectivity index (χ1n) is 10.3. The van der Waals surface area contributed by atoms with Crippen LogP contribution in [-0.4, -0.2) is 28.0 Å². The van der Waals surface area contributed by atoms with Crippen LogP contribution in [0.5, 0.6) is 0 Å². The van der Waals surface area contributed by atoms with Gasteiger partial charge in [0.25, 0.3) is 11.1 Å². The molecule has 3 N–H and O–H groups in total. The van der Waals surface area contributed by atoms with Crippen LogP contribution < -0.4 is 16.1 Å². The van der Waals surface area contributed by atoms with Crippen LogP contribution in [0, 0.1) is 0 Å². The zero-order chi connectivity index (χ0) is 21.8. The quantitative estimate of drug-likeness (QED) is 0.552. The molecule has 1 saturated carbocycles. The number of nitrogen functional groups attached to an aromatic ring is 1. The second-order valence-corrected chi connectivity index (χ2v) is 9.56. The lowest BCUT2D eigenvalue weighted by Crippen LogP contribution is -2.42. The predicted octanol–water partition coefficient (Wildman–Crippen LogP) is 3.82. The van der Waals surface area contributed by atoms with Crippen LogP contribution in [0.25, 0.3) is 0 Å². The van der Waals surface area contributed by atoms with Gasteiger partial charge in [-0.2, -0.15) is 5.10 Å². The average Bonchev–Trinajstić information content (AvgIpc) is 3.33. The van der Waals surface area contributed by atoms with E-state index in [1.165, 1.54) is 16.7 Å². The Morgan fingerprint density at radius 1 is 1.16 bits per heavy atom. The van der Waals surface area contributed by atoms with E-state index in [-0.39, 0.29) is 22.3 Å². The number of benzene rings is 2. The van der Waals surface area contributed by atoms with Crippen LogP contribution in [-0.2, 0) is 10.2 Å². The molecule has 158 valence electrons. The molecule has 0 radical (unpaired) electrons. The number of rotatable bonds is 2. The summed E-state index contributed by atoms with van der Waals surface area (Å²) < 4.78 is 0. The molecule has 2 aliphatic heterocycles. The minimum Gasteiger partial charge on any atom is -0.399 e. The van der Waals surface area contributed by atoms with Gasteiger partial charge in [0, 0.05) is 11.3 Å². The van der Waals surface area contributed by atoms with E-state index >= 15 is 0 Å². The molecule has 1 fully saturated rings. The lowest BCUT2D eigenvalue weighted by Gasteiger charge is -2.23. The molecule has 3 aliphatic rings. The summed E-state index contributed by atoms with van der Waals surface area (Å²) >= 11 is 1.18. The number of nitrogens with two attached hydrogens (primary N) is 1. The van der Waals surface area contributed by atoms with Gasteiger partial charge in [-0.15, -0.1) is 0 Å². The zero-order valence-corrected chi connectivity index (χ0v) is 17.9. The summed E-state index contributed by atoms with van der Waals surface area (Å²) in [6, 6.07) is 12.3. The Hall–Kier alpha value is -3.13. The van der Waals surface area contributed by atoms with Gasteiger partial charge in [0.15, 0.2) is 0 Å². The number of nitrogens with zero attached hydrogens (tertiary/aromatic N) is 2. The fraction of sp³-hybridized carbons (Fsp3) is 0.304. The Morgan fingerprint density at radius 2 is 1.87 bits per heavy atom. The number of nitrogens with one attached hydrogen (secondary N) is 1. The molecule has 0 bridgehead atoms. The van der Waals surface area contributed by atoms with Gasteiger partial charge in [0.05, 0.1) is 22.1 Å². The fourth-order valence-corrected chi connectivity index (χ4v) is 5.59. The number of carbonyl (C=O) groups excluding carboxylic acids is 3. The molecular formula is C23H22N4O3S. The number of carbonyl (C=O) groups is 3. The molecular weight excluding hydrogens is 412 g/mol. The summed E-state index contributed by atoms with van der Waals surface area (Å²) in [5.74, 6) is -0.491. The van der Waals surface area contributed by atoms with Crippen LogP contribution in [0.4, 0.5) is 16.2 Å². The van der Waals surface area contributed by atoms with Crippen LogP contribution in [0.3, 0.4) is 0 Å². The number of anilines is 2. The molecule has 2 aromatic rings. The van der Waals surface area contributed by atoms with Crippen molar-refractivity contribution in [2.45, 2.75) is 43.3 Å². The first kappa shape index (κ1) is 19.8. The van der Waals surface area contributed by atoms with Gasteiger partial charge in [-0.25, -0.2) is 10.3 Å². The summed E-state index contributed by atoms with van der Waals surface area (Å²) in [6.07, 6.45) is 3.34. The van der Waals surface area contributed by atoms with E-state index < -0.39 is 5.41 Å². The summed E-state index contributed by atoms with van der Waals surface area (Å²) in [6.45, 7) is 1.93. The van der Waals surface area contributed by atoms with Crippen molar-refractivity contribution in [2.75, 3.05) is 10.6 Å². The number of imide groups is 1. The highest BCUT2D eigenvalue weighted by Gasteiger charge is 2.54. The molecule has 1 aliphatic carbocycles. The van der Waals surface area contributed by atoms with Gasteiger partial charge < -0.3 is 5.73 Å². The van der Waals surface area contributed by atoms with Crippen molar-refractivity contribution in [3.8, 4) is 0 Å². The Balaban J connectivity index is 1.61. The van der Waals surface area contributed by atoms with Crippen molar-refractivity contribution in [1.82, 2.24) is 5.43 Å². The van der Waals surface area contributed by atoms with Crippen molar-refractivity contribution in [1.29, 1.82) is 0 Å². The summed E-state index contributed by atoms with van der Waals surface area (Å²) in [4.78, 5) is 39.9. The number of thioether (sulfide) groups is 1.